The van der Waals surface area contributed by atoms with Crippen LogP contribution < -0.4 is 5.32 Å². The highest BCUT2D eigenvalue weighted by Crippen LogP contribution is 2.16. The van der Waals surface area contributed by atoms with Crippen LogP contribution >= 0.6 is 0 Å². The molecule has 0 fully saturated rings. The van der Waals surface area contributed by atoms with Gasteiger partial charge in [-0.05, 0) is 43.7 Å². The van der Waals surface area contributed by atoms with Gasteiger partial charge in [-0.1, -0.05) is 29.8 Å². The number of aliphatic hydroxyl groups is 1. The number of rotatable bonds is 3. The molecule has 0 spiro atoms. The van der Waals surface area contributed by atoms with Gasteiger partial charge in [-0.3, -0.25) is 4.79 Å². The minimum absolute atomic E-state index is 0.131. The first-order chi connectivity index (χ1) is 9.06. The zero-order valence-corrected chi connectivity index (χ0v) is 11.1. The van der Waals surface area contributed by atoms with Crippen molar-refractivity contribution in [1.82, 2.24) is 0 Å². The third-order valence-corrected chi connectivity index (χ3v) is 2.93. The average Bonchev–Trinajstić information content (AvgIpc) is 2.39. The highest BCUT2D eigenvalue weighted by Gasteiger charge is 2.06. The van der Waals surface area contributed by atoms with Crippen molar-refractivity contribution in [3.05, 3.63) is 65.2 Å². The van der Waals surface area contributed by atoms with Crippen LogP contribution in [0.1, 0.15) is 34.5 Å². The van der Waals surface area contributed by atoms with E-state index in [2.05, 4.69) is 5.32 Å². The molecule has 0 bridgehead atoms. The number of hydrogen-bond acceptors (Lipinski definition) is 2. The van der Waals surface area contributed by atoms with Crippen LogP contribution in [0.25, 0.3) is 0 Å². The van der Waals surface area contributed by atoms with Gasteiger partial charge in [0.05, 0.1) is 6.10 Å². The quantitative estimate of drug-likeness (QED) is 0.884. The number of nitrogens with one attached hydrogen (secondary N) is 1. The monoisotopic (exact) mass is 255 g/mol. The number of hydrogen-bond donors (Lipinski definition) is 2. The number of anilines is 1. The fraction of sp³-hybridized carbons (Fsp3) is 0.188. The van der Waals surface area contributed by atoms with E-state index >= 15 is 0 Å². The Hall–Kier alpha value is -2.13. The maximum atomic E-state index is 12.0. The highest BCUT2D eigenvalue weighted by atomic mass is 16.3. The molecule has 0 heterocycles. The zero-order valence-electron chi connectivity index (χ0n) is 11.1. The van der Waals surface area contributed by atoms with E-state index in [0.29, 0.717) is 5.56 Å². The van der Waals surface area contributed by atoms with Crippen molar-refractivity contribution >= 4 is 11.6 Å². The molecule has 98 valence electrons. The van der Waals surface area contributed by atoms with Crippen LogP contribution in [0.5, 0.6) is 0 Å². The van der Waals surface area contributed by atoms with E-state index < -0.39 is 6.10 Å². The van der Waals surface area contributed by atoms with Gasteiger partial charge >= 0.3 is 0 Å². The maximum Gasteiger partial charge on any atom is 0.255 e. The molecule has 0 radical (unpaired) electrons. The standard InChI is InChI=1S/C16H17NO2/c1-11-4-3-5-14(10-11)16(19)17-15-8-6-13(7-9-15)12(2)18/h3-10,12,18H,1-2H3,(H,17,19)/t12-/m0/s1. The zero-order chi connectivity index (χ0) is 13.8. The summed E-state index contributed by atoms with van der Waals surface area (Å²) in [7, 11) is 0. The molecule has 0 unspecified atom stereocenters. The van der Waals surface area contributed by atoms with Crippen LogP contribution in [0.2, 0.25) is 0 Å². The molecule has 0 aliphatic heterocycles. The van der Waals surface area contributed by atoms with Gasteiger partial charge in [0.2, 0.25) is 0 Å². The van der Waals surface area contributed by atoms with Gasteiger partial charge in [0.1, 0.15) is 0 Å². The highest BCUT2D eigenvalue weighted by molar-refractivity contribution is 6.04. The van der Waals surface area contributed by atoms with Gasteiger partial charge in [0, 0.05) is 11.3 Å². The molecule has 0 saturated heterocycles. The molecule has 1 amide bonds. The molecule has 3 heteroatoms. The Morgan fingerprint density at radius 3 is 2.42 bits per heavy atom. The fourth-order valence-corrected chi connectivity index (χ4v) is 1.83. The third kappa shape index (κ3) is 3.42. The first kappa shape index (κ1) is 13.3. The van der Waals surface area contributed by atoms with Crippen molar-refractivity contribution in [2.45, 2.75) is 20.0 Å². The Morgan fingerprint density at radius 2 is 1.84 bits per heavy atom. The van der Waals surface area contributed by atoms with Gasteiger partial charge in [-0.25, -0.2) is 0 Å². The summed E-state index contributed by atoms with van der Waals surface area (Å²) in [6.07, 6.45) is -0.499. The van der Waals surface area contributed by atoms with E-state index in [0.717, 1.165) is 16.8 Å². The summed E-state index contributed by atoms with van der Waals surface area (Å²) in [6.45, 7) is 3.66. The molecule has 0 aliphatic rings. The first-order valence-corrected chi connectivity index (χ1v) is 6.22. The van der Waals surface area contributed by atoms with Crippen molar-refractivity contribution in [2.24, 2.45) is 0 Å². The van der Waals surface area contributed by atoms with Crippen LogP contribution in [-0.4, -0.2) is 11.0 Å². The summed E-state index contributed by atoms with van der Waals surface area (Å²) < 4.78 is 0. The Bertz CT molecular complexity index is 574. The normalized spacial score (nSPS) is 11.9. The van der Waals surface area contributed by atoms with Crippen molar-refractivity contribution in [3.8, 4) is 0 Å². The van der Waals surface area contributed by atoms with Crippen molar-refractivity contribution in [2.75, 3.05) is 5.32 Å². The lowest BCUT2D eigenvalue weighted by Gasteiger charge is -2.08. The summed E-state index contributed by atoms with van der Waals surface area (Å²) in [4.78, 5) is 12.0. The summed E-state index contributed by atoms with van der Waals surface area (Å²) >= 11 is 0. The number of aryl methyl sites for hydroxylation is 1. The van der Waals surface area contributed by atoms with Crippen LogP contribution in [0.15, 0.2) is 48.5 Å². The molecule has 2 rings (SSSR count). The third-order valence-electron chi connectivity index (χ3n) is 2.93. The Kier molecular flexibility index (Phi) is 3.97. The fourth-order valence-electron chi connectivity index (χ4n) is 1.83. The maximum absolute atomic E-state index is 12.0. The second-order valence-electron chi connectivity index (χ2n) is 4.62. The summed E-state index contributed by atoms with van der Waals surface area (Å²) in [5.41, 5.74) is 3.24. The number of benzene rings is 2. The Labute approximate surface area is 112 Å². The molecule has 2 N–H and O–H groups in total. The minimum atomic E-state index is -0.499. The van der Waals surface area contributed by atoms with Crippen molar-refractivity contribution < 1.29 is 9.90 Å². The SMILES string of the molecule is Cc1cccc(C(=O)Nc2ccc([C@H](C)O)cc2)c1. The van der Waals surface area contributed by atoms with E-state index in [1.165, 1.54) is 0 Å². The second kappa shape index (κ2) is 5.67. The lowest BCUT2D eigenvalue weighted by molar-refractivity contribution is 0.102. The van der Waals surface area contributed by atoms with Crippen LogP contribution in [-0.2, 0) is 0 Å². The predicted molar refractivity (Wildman–Crippen MR) is 76.2 cm³/mol. The van der Waals surface area contributed by atoms with E-state index in [9.17, 15) is 9.90 Å². The van der Waals surface area contributed by atoms with Crippen molar-refractivity contribution in [1.29, 1.82) is 0 Å². The minimum Gasteiger partial charge on any atom is -0.389 e. The topological polar surface area (TPSA) is 49.3 Å². The largest absolute Gasteiger partial charge is 0.389 e. The summed E-state index contributed by atoms with van der Waals surface area (Å²) in [5, 5.41) is 12.2. The van der Waals surface area contributed by atoms with Crippen LogP contribution in [0.4, 0.5) is 5.69 Å². The van der Waals surface area contributed by atoms with Crippen LogP contribution in [0, 0.1) is 6.92 Å². The Balaban J connectivity index is 2.10. The second-order valence-corrected chi connectivity index (χ2v) is 4.62. The van der Waals surface area contributed by atoms with Gasteiger partial charge in [0.15, 0.2) is 0 Å². The lowest BCUT2D eigenvalue weighted by Crippen LogP contribution is -2.11. The van der Waals surface area contributed by atoms with Gasteiger partial charge in [-0.2, -0.15) is 0 Å². The molecule has 1 atom stereocenters. The van der Waals surface area contributed by atoms with Gasteiger partial charge < -0.3 is 10.4 Å². The molecule has 19 heavy (non-hydrogen) atoms. The number of carbonyl (C=O) groups excluding carboxylic acids is 1. The van der Waals surface area contributed by atoms with Gasteiger partial charge in [-0.15, -0.1) is 0 Å². The molecule has 0 saturated carbocycles. The number of aliphatic hydroxyl groups excluding tert-OH is 1. The molecule has 2 aromatic rings. The van der Waals surface area contributed by atoms with E-state index in [4.69, 9.17) is 0 Å². The lowest BCUT2D eigenvalue weighted by atomic mass is 10.1. The molecule has 2 aromatic carbocycles. The smallest absolute Gasteiger partial charge is 0.255 e. The van der Waals surface area contributed by atoms with Crippen molar-refractivity contribution in [3.63, 3.8) is 0 Å². The first-order valence-electron chi connectivity index (χ1n) is 6.22. The molecule has 3 nitrogen and oxygen atoms in total. The summed E-state index contributed by atoms with van der Waals surface area (Å²) in [5.74, 6) is -0.131. The number of amides is 1. The van der Waals surface area contributed by atoms with E-state index in [1.807, 2.05) is 25.1 Å². The molecular formula is C16H17NO2. The van der Waals surface area contributed by atoms with E-state index in [1.54, 1.807) is 37.3 Å². The molecule has 0 aromatic heterocycles. The summed E-state index contributed by atoms with van der Waals surface area (Å²) in [6, 6.07) is 14.6. The molecular weight excluding hydrogens is 238 g/mol. The van der Waals surface area contributed by atoms with Crippen LogP contribution in [0.3, 0.4) is 0 Å². The van der Waals surface area contributed by atoms with Gasteiger partial charge in [0.25, 0.3) is 5.91 Å². The number of carbonyl (C=O) groups is 1. The Morgan fingerprint density at radius 1 is 1.16 bits per heavy atom. The van der Waals surface area contributed by atoms with E-state index in [-0.39, 0.29) is 5.91 Å². The average molecular weight is 255 g/mol. The molecule has 0 aliphatic carbocycles. The predicted octanol–water partition coefficient (Wildman–Crippen LogP) is 3.30.